The topological polar surface area (TPSA) is 38.1 Å². The molecular weight excluding hydrogens is 281 g/mol. The quantitative estimate of drug-likeness (QED) is 0.870. The predicted octanol–water partition coefficient (Wildman–Crippen LogP) is 3.80. The fourth-order valence-electron chi connectivity index (χ4n) is 2.90. The third-order valence-corrected chi connectivity index (χ3v) is 4.28. The first kappa shape index (κ1) is 14.4. The lowest BCUT2D eigenvalue weighted by Crippen LogP contribution is -2.37. The summed E-state index contributed by atoms with van der Waals surface area (Å²) in [5, 5.41) is 3.24. The first-order valence-corrected chi connectivity index (χ1v) is 7.00. The SMILES string of the molecule is Cc1ccc2oc(C3(C)CCNCC3)nc2c1C(F)(F)F. The lowest BCUT2D eigenvalue weighted by Gasteiger charge is -2.30. The Bertz CT molecular complexity index is 669. The van der Waals surface area contributed by atoms with Gasteiger partial charge >= 0.3 is 6.18 Å². The lowest BCUT2D eigenvalue weighted by molar-refractivity contribution is -0.136. The van der Waals surface area contributed by atoms with Crippen molar-refractivity contribution in [3.05, 3.63) is 29.2 Å². The van der Waals surface area contributed by atoms with Crippen LogP contribution in [0.1, 0.15) is 36.8 Å². The van der Waals surface area contributed by atoms with Crippen LogP contribution in [0.5, 0.6) is 0 Å². The minimum atomic E-state index is -4.42. The maximum absolute atomic E-state index is 13.2. The number of aryl methyl sites for hydroxylation is 1. The highest BCUT2D eigenvalue weighted by atomic mass is 19.4. The molecule has 114 valence electrons. The summed E-state index contributed by atoms with van der Waals surface area (Å²) in [5.41, 5.74) is -0.682. The molecule has 2 heterocycles. The zero-order chi connectivity index (χ0) is 15.3. The zero-order valence-corrected chi connectivity index (χ0v) is 12.0. The van der Waals surface area contributed by atoms with Crippen molar-refractivity contribution in [1.29, 1.82) is 0 Å². The van der Waals surface area contributed by atoms with E-state index < -0.39 is 11.7 Å². The first-order chi connectivity index (χ1) is 9.81. The molecule has 0 bridgehead atoms. The van der Waals surface area contributed by atoms with E-state index in [0.717, 1.165) is 25.9 Å². The highest BCUT2D eigenvalue weighted by Crippen LogP contribution is 2.40. The van der Waals surface area contributed by atoms with Gasteiger partial charge in [-0.05, 0) is 44.5 Å². The number of nitrogens with one attached hydrogen (secondary N) is 1. The van der Waals surface area contributed by atoms with E-state index in [2.05, 4.69) is 10.3 Å². The van der Waals surface area contributed by atoms with E-state index in [9.17, 15) is 13.2 Å². The number of nitrogens with zero attached hydrogens (tertiary/aromatic N) is 1. The smallest absolute Gasteiger partial charge is 0.418 e. The Labute approximate surface area is 120 Å². The van der Waals surface area contributed by atoms with Gasteiger partial charge in [0.2, 0.25) is 5.89 Å². The number of rotatable bonds is 1. The van der Waals surface area contributed by atoms with Crippen molar-refractivity contribution in [1.82, 2.24) is 10.3 Å². The molecule has 3 rings (SSSR count). The van der Waals surface area contributed by atoms with E-state index in [1.54, 1.807) is 6.07 Å². The van der Waals surface area contributed by atoms with Crippen LogP contribution >= 0.6 is 0 Å². The number of halogens is 3. The predicted molar refractivity (Wildman–Crippen MR) is 73.2 cm³/mol. The van der Waals surface area contributed by atoms with Gasteiger partial charge in [0.1, 0.15) is 5.52 Å². The van der Waals surface area contributed by atoms with Crippen LogP contribution in [0.4, 0.5) is 13.2 Å². The third kappa shape index (κ3) is 2.41. The van der Waals surface area contributed by atoms with E-state index in [-0.39, 0.29) is 22.1 Å². The van der Waals surface area contributed by atoms with Gasteiger partial charge in [-0.15, -0.1) is 0 Å². The molecule has 1 N–H and O–H groups in total. The summed E-state index contributed by atoms with van der Waals surface area (Å²) in [6.07, 6.45) is -2.81. The number of hydrogen-bond acceptors (Lipinski definition) is 3. The number of alkyl halides is 3. The van der Waals surface area contributed by atoms with Gasteiger partial charge in [-0.2, -0.15) is 13.2 Å². The molecule has 1 aromatic carbocycles. The Morgan fingerprint density at radius 1 is 1.24 bits per heavy atom. The van der Waals surface area contributed by atoms with Gasteiger partial charge in [0.15, 0.2) is 5.58 Å². The van der Waals surface area contributed by atoms with Crippen LogP contribution < -0.4 is 5.32 Å². The number of piperidine rings is 1. The fourth-order valence-corrected chi connectivity index (χ4v) is 2.90. The molecule has 21 heavy (non-hydrogen) atoms. The molecule has 0 unspecified atom stereocenters. The highest BCUT2D eigenvalue weighted by Gasteiger charge is 2.39. The Balaban J connectivity index is 2.16. The van der Waals surface area contributed by atoms with Gasteiger partial charge in [-0.3, -0.25) is 0 Å². The Hall–Kier alpha value is -1.56. The normalized spacial score (nSPS) is 19.1. The largest absolute Gasteiger partial charge is 0.440 e. The molecule has 0 amide bonds. The van der Waals surface area contributed by atoms with Crippen LogP contribution in [0.2, 0.25) is 0 Å². The van der Waals surface area contributed by atoms with E-state index in [1.807, 2.05) is 6.92 Å². The van der Waals surface area contributed by atoms with Crippen LogP contribution in [-0.2, 0) is 11.6 Å². The molecule has 1 saturated heterocycles. The molecule has 2 aromatic rings. The second-order valence-corrected chi connectivity index (χ2v) is 5.93. The summed E-state index contributed by atoms with van der Waals surface area (Å²) in [5.74, 6) is 0.412. The second-order valence-electron chi connectivity index (χ2n) is 5.93. The summed E-state index contributed by atoms with van der Waals surface area (Å²) in [6, 6.07) is 3.01. The zero-order valence-electron chi connectivity index (χ0n) is 12.0. The van der Waals surface area contributed by atoms with E-state index in [1.165, 1.54) is 13.0 Å². The van der Waals surface area contributed by atoms with Crippen molar-refractivity contribution in [2.45, 2.75) is 38.3 Å². The molecule has 1 aliphatic heterocycles. The van der Waals surface area contributed by atoms with Gasteiger partial charge in [-0.1, -0.05) is 13.0 Å². The number of hydrogen-bond donors (Lipinski definition) is 1. The number of benzene rings is 1. The summed E-state index contributed by atoms with van der Waals surface area (Å²) in [4.78, 5) is 4.22. The molecule has 1 aliphatic rings. The fraction of sp³-hybridized carbons (Fsp3) is 0.533. The average Bonchev–Trinajstić information content (AvgIpc) is 2.82. The monoisotopic (exact) mass is 298 g/mol. The lowest BCUT2D eigenvalue weighted by atomic mass is 9.81. The van der Waals surface area contributed by atoms with Gasteiger partial charge in [0.25, 0.3) is 0 Å². The number of fused-ring (bicyclic) bond motifs is 1. The minimum absolute atomic E-state index is 0.0720. The van der Waals surface area contributed by atoms with Crippen LogP contribution in [0.15, 0.2) is 16.5 Å². The van der Waals surface area contributed by atoms with Gasteiger partial charge < -0.3 is 9.73 Å². The molecule has 0 atom stereocenters. The van der Waals surface area contributed by atoms with Gasteiger partial charge in [0, 0.05) is 5.41 Å². The Morgan fingerprint density at radius 2 is 1.90 bits per heavy atom. The maximum Gasteiger partial charge on any atom is 0.418 e. The van der Waals surface area contributed by atoms with Crippen molar-refractivity contribution >= 4 is 11.1 Å². The molecule has 0 spiro atoms. The van der Waals surface area contributed by atoms with Gasteiger partial charge in [-0.25, -0.2) is 4.98 Å². The summed E-state index contributed by atoms with van der Waals surface area (Å²) < 4.78 is 45.4. The molecule has 0 saturated carbocycles. The van der Waals surface area contributed by atoms with Crippen molar-refractivity contribution in [2.24, 2.45) is 0 Å². The van der Waals surface area contributed by atoms with Gasteiger partial charge in [0.05, 0.1) is 5.56 Å². The molecule has 0 aliphatic carbocycles. The summed E-state index contributed by atoms with van der Waals surface area (Å²) >= 11 is 0. The third-order valence-electron chi connectivity index (χ3n) is 4.28. The summed E-state index contributed by atoms with van der Waals surface area (Å²) in [7, 11) is 0. The Morgan fingerprint density at radius 3 is 2.52 bits per heavy atom. The minimum Gasteiger partial charge on any atom is -0.440 e. The van der Waals surface area contributed by atoms with E-state index in [0.29, 0.717) is 5.89 Å². The van der Waals surface area contributed by atoms with E-state index in [4.69, 9.17) is 4.42 Å². The standard InChI is InChI=1S/C15H17F3N2O/c1-9-3-4-10-12(11(9)15(16,17)18)20-13(21-10)14(2)5-7-19-8-6-14/h3-4,19H,5-8H2,1-2H3. The molecule has 1 aromatic heterocycles. The highest BCUT2D eigenvalue weighted by molar-refractivity contribution is 5.79. The second kappa shape index (κ2) is 4.73. The average molecular weight is 298 g/mol. The van der Waals surface area contributed by atoms with Crippen LogP contribution in [0.25, 0.3) is 11.1 Å². The van der Waals surface area contributed by atoms with Crippen LogP contribution in [0, 0.1) is 6.92 Å². The van der Waals surface area contributed by atoms with Crippen molar-refractivity contribution in [3.63, 3.8) is 0 Å². The molecule has 6 heteroatoms. The van der Waals surface area contributed by atoms with Crippen LogP contribution in [-0.4, -0.2) is 18.1 Å². The molecular formula is C15H17F3N2O. The summed E-state index contributed by atoms with van der Waals surface area (Å²) in [6.45, 7) is 5.09. The van der Waals surface area contributed by atoms with Crippen molar-refractivity contribution < 1.29 is 17.6 Å². The van der Waals surface area contributed by atoms with Crippen molar-refractivity contribution in [2.75, 3.05) is 13.1 Å². The number of oxazole rings is 1. The molecule has 3 nitrogen and oxygen atoms in total. The molecule has 0 radical (unpaired) electrons. The first-order valence-electron chi connectivity index (χ1n) is 7.00. The molecule has 1 fully saturated rings. The van der Waals surface area contributed by atoms with E-state index >= 15 is 0 Å². The van der Waals surface area contributed by atoms with Crippen molar-refractivity contribution in [3.8, 4) is 0 Å². The maximum atomic E-state index is 13.2. The Kier molecular flexibility index (Phi) is 3.24. The number of aromatic nitrogens is 1. The van der Waals surface area contributed by atoms with Crippen LogP contribution in [0.3, 0.4) is 0 Å².